The van der Waals surface area contributed by atoms with E-state index in [2.05, 4.69) is 10.6 Å². The van der Waals surface area contributed by atoms with Gasteiger partial charge in [-0.3, -0.25) is 19.2 Å². The number of hydrogen-bond acceptors (Lipinski definition) is 10. The molecule has 4 heterocycles. The lowest BCUT2D eigenvalue weighted by Crippen LogP contribution is -2.58. The average molecular weight is 777 g/mol. The number of rotatable bonds is 13. The van der Waals surface area contributed by atoms with Gasteiger partial charge >= 0.3 is 11.9 Å². The SMILES string of the molecule is CCC[C@@H](CC[C@H](Cc1ccc(F)cc1)C(=O)N[C@H]1CCS[C@H]2CCC[C@@H](C(=O)OC)N2C1=O)C(=O)NC1CCS[C@H]2CCC[C@@H](C(=O)OC)N2C1=O. The van der Waals surface area contributed by atoms with Crippen molar-refractivity contribution >= 4 is 59.1 Å². The number of nitrogens with zero attached hydrogens (tertiary/aromatic N) is 2. The third-order valence-electron chi connectivity index (χ3n) is 10.9. The quantitative estimate of drug-likeness (QED) is 0.279. The van der Waals surface area contributed by atoms with E-state index in [0.29, 0.717) is 62.9 Å². The predicted octanol–water partition coefficient (Wildman–Crippen LogP) is 4.18. The summed E-state index contributed by atoms with van der Waals surface area (Å²) >= 11 is 3.23. The first-order chi connectivity index (χ1) is 25.6. The zero-order chi connectivity index (χ0) is 38.1. The van der Waals surface area contributed by atoms with Crippen molar-refractivity contribution in [1.29, 1.82) is 0 Å². The van der Waals surface area contributed by atoms with E-state index >= 15 is 0 Å². The van der Waals surface area contributed by atoms with E-state index in [9.17, 15) is 33.2 Å². The van der Waals surface area contributed by atoms with Crippen LogP contribution in [-0.4, -0.2) is 106 Å². The first-order valence-corrected chi connectivity index (χ1v) is 21.0. The van der Waals surface area contributed by atoms with Gasteiger partial charge in [-0.15, -0.1) is 23.5 Å². The Morgan fingerprint density at radius 2 is 1.21 bits per heavy atom. The van der Waals surface area contributed by atoms with Gasteiger partial charge in [-0.05, 0) is 106 Å². The number of esters is 2. The molecule has 0 aliphatic carbocycles. The van der Waals surface area contributed by atoms with Crippen molar-refractivity contribution in [3.63, 3.8) is 0 Å². The molecular formula is C38H53FN4O8S2. The predicted molar refractivity (Wildman–Crippen MR) is 200 cm³/mol. The van der Waals surface area contributed by atoms with E-state index < -0.39 is 53.8 Å². The Morgan fingerprint density at radius 1 is 0.736 bits per heavy atom. The second kappa shape index (κ2) is 19.3. The van der Waals surface area contributed by atoms with Gasteiger partial charge in [0.15, 0.2) is 0 Å². The standard InChI is InChI=1S/C38H53FN4O8S2/c1-4-7-24(33(44)40-27-18-20-52-31-10-5-8-29(37(48)50-2)42(31)35(27)46)14-15-25(22-23-12-16-26(39)17-13-23)34(45)41-28-19-21-53-32-11-6-9-30(38(49)51-3)43(32)36(28)47/h12-13,16-17,24-25,27-32H,4-11,14-15,18-22H2,1-3H3,(H,40,44)(H,41,45)/t24-,25+,27?,28-,29-,30-,31-,32-/m0/s1. The second-order valence-corrected chi connectivity index (χ2v) is 16.9. The topological polar surface area (TPSA) is 151 Å². The summed E-state index contributed by atoms with van der Waals surface area (Å²) in [5.41, 5.74) is 0.741. The van der Waals surface area contributed by atoms with Gasteiger partial charge in [0.2, 0.25) is 23.6 Å². The van der Waals surface area contributed by atoms with Gasteiger partial charge in [0.1, 0.15) is 30.0 Å². The molecule has 12 nitrogen and oxygen atoms in total. The van der Waals surface area contributed by atoms with Gasteiger partial charge in [0.05, 0.1) is 25.0 Å². The van der Waals surface area contributed by atoms with Crippen molar-refractivity contribution in [2.45, 2.75) is 125 Å². The molecule has 4 aliphatic heterocycles. The van der Waals surface area contributed by atoms with Gasteiger partial charge in [0, 0.05) is 11.8 Å². The molecule has 4 fully saturated rings. The number of nitrogens with one attached hydrogen (secondary N) is 2. The summed E-state index contributed by atoms with van der Waals surface area (Å²) in [6, 6.07) is 2.94. The third kappa shape index (κ3) is 10.1. The van der Waals surface area contributed by atoms with Crippen LogP contribution in [-0.2, 0) is 44.7 Å². The fraction of sp³-hybridized carbons (Fsp3) is 0.684. The molecule has 53 heavy (non-hydrogen) atoms. The molecule has 8 atom stereocenters. The number of methoxy groups -OCH3 is 2. The van der Waals surface area contributed by atoms with Crippen molar-refractivity contribution in [2.75, 3.05) is 25.7 Å². The van der Waals surface area contributed by atoms with Crippen molar-refractivity contribution in [2.24, 2.45) is 11.8 Å². The number of ether oxygens (including phenoxy) is 2. The molecule has 0 saturated carbocycles. The Hall–Kier alpha value is -3.33. The van der Waals surface area contributed by atoms with Gasteiger partial charge in [-0.2, -0.15) is 0 Å². The number of benzene rings is 1. The Bertz CT molecular complexity index is 1480. The van der Waals surface area contributed by atoms with Crippen molar-refractivity contribution < 1.29 is 42.6 Å². The maximum absolute atomic E-state index is 14.1. The molecule has 15 heteroatoms. The number of halogens is 1. The summed E-state index contributed by atoms with van der Waals surface area (Å²) in [6.45, 7) is 1.97. The molecule has 1 aromatic carbocycles. The molecule has 2 N–H and O–H groups in total. The molecule has 0 bridgehead atoms. The molecule has 4 aliphatic rings. The van der Waals surface area contributed by atoms with Crippen LogP contribution in [0, 0.1) is 17.7 Å². The Labute approximate surface area is 319 Å². The van der Waals surface area contributed by atoms with Crippen LogP contribution in [0.15, 0.2) is 24.3 Å². The number of carbonyl (C=O) groups excluding carboxylic acids is 6. The van der Waals surface area contributed by atoms with E-state index in [-0.39, 0.29) is 40.8 Å². The molecule has 1 unspecified atom stereocenters. The molecular weight excluding hydrogens is 724 g/mol. The van der Waals surface area contributed by atoms with E-state index in [1.807, 2.05) is 6.92 Å². The Morgan fingerprint density at radius 3 is 1.68 bits per heavy atom. The van der Waals surface area contributed by atoms with E-state index in [4.69, 9.17) is 9.47 Å². The number of hydrogen-bond donors (Lipinski definition) is 2. The minimum absolute atomic E-state index is 0.148. The van der Waals surface area contributed by atoms with Crippen LogP contribution >= 0.6 is 23.5 Å². The Balaban J connectivity index is 1.29. The maximum atomic E-state index is 14.1. The molecule has 0 aromatic heterocycles. The van der Waals surface area contributed by atoms with Gasteiger partial charge < -0.3 is 29.9 Å². The molecule has 0 spiro atoms. The maximum Gasteiger partial charge on any atom is 0.328 e. The highest BCUT2D eigenvalue weighted by Crippen LogP contribution is 2.36. The molecule has 0 radical (unpaired) electrons. The fourth-order valence-corrected chi connectivity index (χ4v) is 10.8. The second-order valence-electron chi connectivity index (χ2n) is 14.4. The van der Waals surface area contributed by atoms with Crippen LogP contribution in [0.4, 0.5) is 4.39 Å². The van der Waals surface area contributed by atoms with Crippen LogP contribution < -0.4 is 10.6 Å². The number of fused-ring (bicyclic) bond motifs is 2. The zero-order valence-electron chi connectivity index (χ0n) is 30.9. The van der Waals surface area contributed by atoms with Crippen molar-refractivity contribution in [3.05, 3.63) is 35.6 Å². The van der Waals surface area contributed by atoms with Crippen LogP contribution in [0.5, 0.6) is 0 Å². The lowest BCUT2D eigenvalue weighted by Gasteiger charge is -2.40. The summed E-state index contributed by atoms with van der Waals surface area (Å²) in [6.07, 6.45) is 7.15. The first-order valence-electron chi connectivity index (χ1n) is 18.9. The fourth-order valence-electron chi connectivity index (χ4n) is 8.07. The Kier molecular flexibility index (Phi) is 14.9. The smallest absolute Gasteiger partial charge is 0.328 e. The minimum atomic E-state index is -0.831. The molecule has 1 aromatic rings. The summed E-state index contributed by atoms with van der Waals surface area (Å²) in [4.78, 5) is 84.3. The van der Waals surface area contributed by atoms with Crippen molar-refractivity contribution in [3.8, 4) is 0 Å². The lowest BCUT2D eigenvalue weighted by atomic mass is 9.87. The summed E-state index contributed by atoms with van der Waals surface area (Å²) in [7, 11) is 2.63. The molecule has 4 saturated heterocycles. The van der Waals surface area contributed by atoms with Crippen LogP contribution in [0.2, 0.25) is 0 Å². The lowest BCUT2D eigenvalue weighted by molar-refractivity contribution is -0.156. The van der Waals surface area contributed by atoms with Crippen LogP contribution in [0.1, 0.15) is 89.5 Å². The largest absolute Gasteiger partial charge is 0.467 e. The number of carbonyl (C=O) groups is 6. The summed E-state index contributed by atoms with van der Waals surface area (Å²) in [5.74, 6) is -2.36. The van der Waals surface area contributed by atoms with Gasteiger partial charge in [-0.25, -0.2) is 14.0 Å². The number of thioether (sulfide) groups is 2. The van der Waals surface area contributed by atoms with Gasteiger partial charge in [-0.1, -0.05) is 25.5 Å². The normalized spacial score (nSPS) is 27.2. The van der Waals surface area contributed by atoms with E-state index in [1.54, 1.807) is 45.5 Å². The summed E-state index contributed by atoms with van der Waals surface area (Å²) in [5, 5.41) is 5.69. The highest BCUT2D eigenvalue weighted by atomic mass is 32.2. The van der Waals surface area contributed by atoms with Crippen LogP contribution in [0.25, 0.3) is 0 Å². The monoisotopic (exact) mass is 776 g/mol. The number of amides is 4. The molecule has 4 amide bonds. The van der Waals surface area contributed by atoms with Gasteiger partial charge in [0.25, 0.3) is 0 Å². The number of piperidine rings is 2. The highest BCUT2D eigenvalue weighted by molar-refractivity contribution is 8.00. The third-order valence-corrected chi connectivity index (χ3v) is 13.5. The molecule has 292 valence electrons. The first kappa shape index (κ1) is 40.8. The van der Waals surface area contributed by atoms with Crippen LogP contribution in [0.3, 0.4) is 0 Å². The minimum Gasteiger partial charge on any atom is -0.467 e. The summed E-state index contributed by atoms with van der Waals surface area (Å²) < 4.78 is 23.9. The zero-order valence-corrected chi connectivity index (χ0v) is 32.5. The highest BCUT2D eigenvalue weighted by Gasteiger charge is 2.45. The van der Waals surface area contributed by atoms with E-state index in [0.717, 1.165) is 31.2 Å². The average Bonchev–Trinajstić information content (AvgIpc) is 3.42. The van der Waals surface area contributed by atoms with Crippen molar-refractivity contribution in [1.82, 2.24) is 20.4 Å². The molecule has 5 rings (SSSR count). The van der Waals surface area contributed by atoms with E-state index in [1.165, 1.54) is 26.4 Å².